The molecule has 0 saturated carbocycles. The van der Waals surface area contributed by atoms with E-state index in [0.717, 1.165) is 6.20 Å². The van der Waals surface area contributed by atoms with E-state index in [9.17, 15) is 8.78 Å². The first kappa shape index (κ1) is 11.3. The van der Waals surface area contributed by atoms with Crippen molar-refractivity contribution in [1.29, 1.82) is 0 Å². The highest BCUT2D eigenvalue weighted by atomic mass is 19.1. The van der Waals surface area contributed by atoms with Crippen molar-refractivity contribution >= 4 is 5.69 Å². The van der Waals surface area contributed by atoms with Crippen LogP contribution in [0.25, 0.3) is 0 Å². The Bertz CT molecular complexity index is 511. The summed E-state index contributed by atoms with van der Waals surface area (Å²) in [6.07, 6.45) is 2.53. The molecule has 2 N–H and O–H groups in total. The molecule has 0 aliphatic heterocycles. The van der Waals surface area contributed by atoms with Crippen LogP contribution >= 0.6 is 0 Å². The summed E-state index contributed by atoms with van der Waals surface area (Å²) in [5.74, 6) is -1.04. The van der Waals surface area contributed by atoms with Crippen LogP contribution in [0.2, 0.25) is 0 Å². The summed E-state index contributed by atoms with van der Waals surface area (Å²) in [4.78, 5) is 3.66. The van der Waals surface area contributed by atoms with Gasteiger partial charge in [0, 0.05) is 11.8 Å². The SMILES string of the molecule is Nc1cccc(F)c1OCc1cncc(F)c1. The van der Waals surface area contributed by atoms with Crippen LogP contribution in [0.15, 0.2) is 36.7 Å². The maximum Gasteiger partial charge on any atom is 0.178 e. The van der Waals surface area contributed by atoms with Gasteiger partial charge in [-0.15, -0.1) is 0 Å². The van der Waals surface area contributed by atoms with Crippen molar-refractivity contribution in [3.8, 4) is 5.75 Å². The summed E-state index contributed by atoms with van der Waals surface area (Å²) in [5, 5.41) is 0. The van der Waals surface area contributed by atoms with Crippen molar-refractivity contribution in [2.24, 2.45) is 0 Å². The molecule has 3 nitrogen and oxygen atoms in total. The Morgan fingerprint density at radius 3 is 2.76 bits per heavy atom. The largest absolute Gasteiger partial charge is 0.484 e. The van der Waals surface area contributed by atoms with Gasteiger partial charge in [-0.3, -0.25) is 4.98 Å². The smallest absolute Gasteiger partial charge is 0.178 e. The Morgan fingerprint density at radius 1 is 1.24 bits per heavy atom. The summed E-state index contributed by atoms with van der Waals surface area (Å²) in [6.45, 7) is 0.00981. The fraction of sp³-hybridized carbons (Fsp3) is 0.0833. The lowest BCUT2D eigenvalue weighted by Crippen LogP contribution is -2.01. The summed E-state index contributed by atoms with van der Waals surface area (Å²) in [5.41, 5.74) is 6.27. The molecular formula is C12H10F2N2O. The molecule has 0 aliphatic rings. The number of nitrogens with two attached hydrogens (primary N) is 1. The van der Waals surface area contributed by atoms with E-state index in [1.54, 1.807) is 0 Å². The molecule has 1 heterocycles. The molecule has 2 rings (SSSR count). The Balaban J connectivity index is 2.13. The highest BCUT2D eigenvalue weighted by molar-refractivity contribution is 5.52. The fourth-order valence-corrected chi connectivity index (χ4v) is 1.37. The lowest BCUT2D eigenvalue weighted by Gasteiger charge is -2.09. The highest BCUT2D eigenvalue weighted by Gasteiger charge is 2.07. The number of para-hydroxylation sites is 1. The zero-order chi connectivity index (χ0) is 12.3. The number of hydrogen-bond acceptors (Lipinski definition) is 3. The van der Waals surface area contributed by atoms with Crippen LogP contribution in [-0.2, 0) is 6.61 Å². The average Bonchev–Trinajstić information content (AvgIpc) is 2.28. The van der Waals surface area contributed by atoms with Crippen LogP contribution < -0.4 is 10.5 Å². The standard InChI is InChI=1S/C12H10F2N2O/c13-9-4-8(5-16-6-9)7-17-12-10(14)2-1-3-11(12)15/h1-6H,7,15H2. The first-order valence-electron chi connectivity index (χ1n) is 4.93. The minimum Gasteiger partial charge on any atom is -0.484 e. The van der Waals surface area contributed by atoms with Gasteiger partial charge < -0.3 is 10.5 Å². The van der Waals surface area contributed by atoms with Crippen molar-refractivity contribution < 1.29 is 13.5 Å². The van der Waals surface area contributed by atoms with E-state index in [1.165, 1.54) is 30.5 Å². The van der Waals surface area contributed by atoms with Crippen molar-refractivity contribution in [2.45, 2.75) is 6.61 Å². The molecule has 0 aliphatic carbocycles. The van der Waals surface area contributed by atoms with E-state index in [1.807, 2.05) is 0 Å². The third kappa shape index (κ3) is 2.69. The minimum absolute atomic E-state index is 0.00981. The second-order valence-corrected chi connectivity index (χ2v) is 3.46. The number of nitrogen functional groups attached to an aromatic ring is 1. The van der Waals surface area contributed by atoms with Crippen molar-refractivity contribution in [1.82, 2.24) is 4.98 Å². The Kier molecular flexibility index (Phi) is 3.18. The predicted octanol–water partition coefficient (Wildman–Crippen LogP) is 2.52. The normalized spacial score (nSPS) is 10.2. The van der Waals surface area contributed by atoms with E-state index in [2.05, 4.69) is 4.98 Å². The van der Waals surface area contributed by atoms with Gasteiger partial charge in [0.2, 0.25) is 0 Å². The molecule has 88 valence electrons. The Labute approximate surface area is 96.9 Å². The van der Waals surface area contributed by atoms with E-state index in [-0.39, 0.29) is 18.0 Å². The van der Waals surface area contributed by atoms with Crippen LogP contribution in [0, 0.1) is 11.6 Å². The summed E-state index contributed by atoms with van der Waals surface area (Å²) >= 11 is 0. The third-order valence-electron chi connectivity index (χ3n) is 2.14. The van der Waals surface area contributed by atoms with Gasteiger partial charge in [-0.05, 0) is 18.2 Å². The summed E-state index contributed by atoms with van der Waals surface area (Å²) in [7, 11) is 0. The molecular weight excluding hydrogens is 226 g/mol. The zero-order valence-corrected chi connectivity index (χ0v) is 8.86. The van der Waals surface area contributed by atoms with E-state index >= 15 is 0 Å². The quantitative estimate of drug-likeness (QED) is 0.833. The van der Waals surface area contributed by atoms with Crippen LogP contribution in [0.3, 0.4) is 0 Å². The van der Waals surface area contributed by atoms with Gasteiger partial charge in [0.05, 0.1) is 11.9 Å². The van der Waals surface area contributed by atoms with E-state index < -0.39 is 11.6 Å². The first-order chi connectivity index (χ1) is 8.16. The number of ether oxygens (including phenoxy) is 1. The number of nitrogens with zero attached hydrogens (tertiary/aromatic N) is 1. The zero-order valence-electron chi connectivity index (χ0n) is 8.86. The lowest BCUT2D eigenvalue weighted by atomic mass is 10.2. The monoisotopic (exact) mass is 236 g/mol. The number of pyridine rings is 1. The molecule has 0 spiro atoms. The molecule has 17 heavy (non-hydrogen) atoms. The van der Waals surface area contributed by atoms with Crippen molar-refractivity contribution in [3.63, 3.8) is 0 Å². The number of anilines is 1. The average molecular weight is 236 g/mol. The summed E-state index contributed by atoms with van der Waals surface area (Å²) < 4.78 is 31.4. The molecule has 0 atom stereocenters. The molecule has 0 radical (unpaired) electrons. The number of benzene rings is 1. The van der Waals surface area contributed by atoms with Gasteiger partial charge in [-0.1, -0.05) is 6.07 Å². The van der Waals surface area contributed by atoms with E-state index in [0.29, 0.717) is 5.56 Å². The highest BCUT2D eigenvalue weighted by Crippen LogP contribution is 2.25. The molecule has 1 aromatic carbocycles. The third-order valence-corrected chi connectivity index (χ3v) is 2.14. The maximum absolute atomic E-state index is 13.3. The first-order valence-corrected chi connectivity index (χ1v) is 4.93. The van der Waals surface area contributed by atoms with Gasteiger partial charge in [-0.25, -0.2) is 8.78 Å². The Morgan fingerprint density at radius 2 is 2.06 bits per heavy atom. The van der Waals surface area contributed by atoms with Gasteiger partial charge in [0.15, 0.2) is 11.6 Å². The molecule has 0 unspecified atom stereocenters. The van der Waals surface area contributed by atoms with Crippen LogP contribution in [0.4, 0.5) is 14.5 Å². The minimum atomic E-state index is -0.547. The van der Waals surface area contributed by atoms with E-state index in [4.69, 9.17) is 10.5 Å². The predicted molar refractivity (Wildman–Crippen MR) is 59.3 cm³/mol. The Hall–Kier alpha value is -2.17. The molecule has 0 saturated heterocycles. The summed E-state index contributed by atoms with van der Waals surface area (Å²) in [6, 6.07) is 5.53. The van der Waals surface area contributed by atoms with Crippen LogP contribution in [0.5, 0.6) is 5.75 Å². The molecule has 1 aromatic heterocycles. The van der Waals surface area contributed by atoms with Gasteiger partial charge in [-0.2, -0.15) is 0 Å². The van der Waals surface area contributed by atoms with Gasteiger partial charge >= 0.3 is 0 Å². The maximum atomic E-state index is 13.3. The molecule has 5 heteroatoms. The molecule has 2 aromatic rings. The fourth-order valence-electron chi connectivity index (χ4n) is 1.37. The van der Waals surface area contributed by atoms with Crippen LogP contribution in [-0.4, -0.2) is 4.98 Å². The van der Waals surface area contributed by atoms with Crippen molar-refractivity contribution in [3.05, 3.63) is 53.9 Å². The van der Waals surface area contributed by atoms with Crippen LogP contribution in [0.1, 0.15) is 5.56 Å². The lowest BCUT2D eigenvalue weighted by molar-refractivity contribution is 0.291. The topological polar surface area (TPSA) is 48.1 Å². The van der Waals surface area contributed by atoms with Gasteiger partial charge in [0.1, 0.15) is 12.4 Å². The number of rotatable bonds is 3. The number of aromatic nitrogens is 1. The molecule has 0 bridgehead atoms. The molecule has 0 amide bonds. The second-order valence-electron chi connectivity index (χ2n) is 3.46. The van der Waals surface area contributed by atoms with Crippen molar-refractivity contribution in [2.75, 3.05) is 5.73 Å². The van der Waals surface area contributed by atoms with Gasteiger partial charge in [0.25, 0.3) is 0 Å². The number of hydrogen-bond donors (Lipinski definition) is 1. The second kappa shape index (κ2) is 4.78. The molecule has 0 fully saturated rings. The number of halogens is 2.